The zero-order valence-electron chi connectivity index (χ0n) is 11.2. The predicted molar refractivity (Wildman–Crippen MR) is 79.3 cm³/mol. The maximum Gasteiger partial charge on any atom is 0.233 e. The van der Waals surface area contributed by atoms with E-state index in [9.17, 15) is 9.90 Å². The third-order valence-electron chi connectivity index (χ3n) is 3.10. The lowest BCUT2D eigenvalue weighted by Crippen LogP contribution is -2.31. The zero-order valence-corrected chi connectivity index (χ0v) is 11.2. The molecule has 4 heteroatoms. The van der Waals surface area contributed by atoms with Crippen LogP contribution < -0.4 is 11.1 Å². The molecular formula is C16H18N2O2. The third-order valence-corrected chi connectivity index (χ3v) is 3.10. The van der Waals surface area contributed by atoms with Crippen molar-refractivity contribution in [3.05, 3.63) is 54.1 Å². The van der Waals surface area contributed by atoms with Crippen LogP contribution in [-0.4, -0.2) is 24.1 Å². The summed E-state index contributed by atoms with van der Waals surface area (Å²) in [6.07, 6.45) is 0.739. The summed E-state index contributed by atoms with van der Waals surface area (Å²) < 4.78 is 0. The van der Waals surface area contributed by atoms with Crippen molar-refractivity contribution in [1.82, 2.24) is 5.32 Å². The number of rotatable bonds is 5. The number of amides is 1. The predicted octanol–water partition coefficient (Wildman–Crippen LogP) is 1.68. The van der Waals surface area contributed by atoms with Crippen LogP contribution in [0.3, 0.4) is 0 Å². The summed E-state index contributed by atoms with van der Waals surface area (Å²) in [5, 5.41) is 12.1. The minimum absolute atomic E-state index is 0.0135. The van der Waals surface area contributed by atoms with Crippen LogP contribution in [0, 0.1) is 0 Å². The highest BCUT2D eigenvalue weighted by atomic mass is 16.3. The van der Waals surface area contributed by atoms with Crippen molar-refractivity contribution in [3.63, 3.8) is 0 Å². The first kappa shape index (κ1) is 14.1. The molecule has 0 aliphatic heterocycles. The van der Waals surface area contributed by atoms with Gasteiger partial charge in [-0.3, -0.25) is 4.79 Å². The van der Waals surface area contributed by atoms with E-state index in [1.54, 1.807) is 12.1 Å². The maximum absolute atomic E-state index is 11.1. The lowest BCUT2D eigenvalue weighted by atomic mass is 9.97. The number of hydrogen-bond acceptors (Lipinski definition) is 3. The summed E-state index contributed by atoms with van der Waals surface area (Å²) in [5.41, 5.74) is 8.55. The smallest absolute Gasteiger partial charge is 0.233 e. The molecule has 0 fully saturated rings. The SMILES string of the molecule is NCC(=O)NCCc1ccccc1-c1ccc(O)cc1. The molecule has 0 aliphatic carbocycles. The van der Waals surface area contributed by atoms with Gasteiger partial charge in [0.05, 0.1) is 6.54 Å². The molecule has 0 atom stereocenters. The van der Waals surface area contributed by atoms with Gasteiger partial charge < -0.3 is 16.2 Å². The Kier molecular flexibility index (Phi) is 4.74. The van der Waals surface area contributed by atoms with Gasteiger partial charge in [-0.2, -0.15) is 0 Å². The van der Waals surface area contributed by atoms with E-state index >= 15 is 0 Å². The molecule has 0 aliphatic rings. The molecule has 0 heterocycles. The molecule has 0 bridgehead atoms. The Morgan fingerprint density at radius 2 is 1.80 bits per heavy atom. The van der Waals surface area contributed by atoms with E-state index in [0.29, 0.717) is 6.54 Å². The van der Waals surface area contributed by atoms with E-state index in [0.717, 1.165) is 23.1 Å². The second kappa shape index (κ2) is 6.73. The van der Waals surface area contributed by atoms with E-state index in [1.165, 1.54) is 0 Å². The molecule has 4 nitrogen and oxygen atoms in total. The lowest BCUT2D eigenvalue weighted by Gasteiger charge is -2.10. The highest BCUT2D eigenvalue weighted by molar-refractivity contribution is 5.77. The van der Waals surface area contributed by atoms with Crippen molar-refractivity contribution in [2.45, 2.75) is 6.42 Å². The first-order valence-electron chi connectivity index (χ1n) is 6.55. The van der Waals surface area contributed by atoms with Crippen molar-refractivity contribution in [2.24, 2.45) is 5.73 Å². The number of hydrogen-bond donors (Lipinski definition) is 3. The number of aromatic hydroxyl groups is 1. The van der Waals surface area contributed by atoms with Crippen molar-refractivity contribution in [1.29, 1.82) is 0 Å². The van der Waals surface area contributed by atoms with Crippen LogP contribution in [0.15, 0.2) is 48.5 Å². The average Bonchev–Trinajstić information content (AvgIpc) is 2.48. The normalized spacial score (nSPS) is 10.2. The van der Waals surface area contributed by atoms with E-state index in [4.69, 9.17) is 5.73 Å². The fraction of sp³-hybridized carbons (Fsp3) is 0.188. The molecule has 2 aromatic carbocycles. The van der Waals surface area contributed by atoms with Crippen molar-refractivity contribution in [3.8, 4) is 16.9 Å². The van der Waals surface area contributed by atoms with Gasteiger partial charge in [0.1, 0.15) is 5.75 Å². The first-order chi connectivity index (χ1) is 9.70. The molecule has 2 rings (SSSR count). The summed E-state index contributed by atoms with van der Waals surface area (Å²) in [6.45, 7) is 0.574. The quantitative estimate of drug-likeness (QED) is 0.773. The third kappa shape index (κ3) is 3.59. The largest absolute Gasteiger partial charge is 0.508 e. The fourth-order valence-corrected chi connectivity index (χ4v) is 2.07. The highest BCUT2D eigenvalue weighted by Gasteiger charge is 2.05. The van der Waals surface area contributed by atoms with Gasteiger partial charge >= 0.3 is 0 Å². The van der Waals surface area contributed by atoms with Gasteiger partial charge in [-0.1, -0.05) is 36.4 Å². The Morgan fingerprint density at radius 3 is 2.50 bits per heavy atom. The van der Waals surface area contributed by atoms with Gasteiger partial charge in [0.2, 0.25) is 5.91 Å². The van der Waals surface area contributed by atoms with Crippen molar-refractivity contribution in [2.75, 3.05) is 13.1 Å². The number of nitrogens with two attached hydrogens (primary N) is 1. The van der Waals surface area contributed by atoms with Crippen LogP contribution in [0.4, 0.5) is 0 Å². The molecule has 0 aromatic heterocycles. The van der Waals surface area contributed by atoms with Crippen LogP contribution in [-0.2, 0) is 11.2 Å². The number of carbonyl (C=O) groups is 1. The van der Waals surface area contributed by atoms with E-state index < -0.39 is 0 Å². The Balaban J connectivity index is 2.14. The molecule has 0 unspecified atom stereocenters. The molecule has 0 saturated heterocycles. The second-order valence-corrected chi connectivity index (χ2v) is 4.51. The van der Waals surface area contributed by atoms with Gasteiger partial charge in [0, 0.05) is 6.54 Å². The Hall–Kier alpha value is -2.33. The fourth-order valence-electron chi connectivity index (χ4n) is 2.07. The summed E-state index contributed by atoms with van der Waals surface area (Å²) in [7, 11) is 0. The van der Waals surface area contributed by atoms with Crippen LogP contribution >= 0.6 is 0 Å². The zero-order chi connectivity index (χ0) is 14.4. The Labute approximate surface area is 118 Å². The van der Waals surface area contributed by atoms with Crippen LogP contribution in [0.5, 0.6) is 5.75 Å². The molecule has 0 saturated carbocycles. The average molecular weight is 270 g/mol. The molecule has 0 radical (unpaired) electrons. The first-order valence-corrected chi connectivity index (χ1v) is 6.55. The topological polar surface area (TPSA) is 75.4 Å². The monoisotopic (exact) mass is 270 g/mol. The number of carbonyl (C=O) groups excluding carboxylic acids is 1. The minimum atomic E-state index is -0.146. The lowest BCUT2D eigenvalue weighted by molar-refractivity contribution is -0.119. The van der Waals surface area contributed by atoms with Gasteiger partial charge in [0.25, 0.3) is 0 Å². The van der Waals surface area contributed by atoms with Crippen LogP contribution in [0.25, 0.3) is 11.1 Å². The highest BCUT2D eigenvalue weighted by Crippen LogP contribution is 2.25. The Bertz CT molecular complexity index is 579. The van der Waals surface area contributed by atoms with E-state index in [1.807, 2.05) is 36.4 Å². The van der Waals surface area contributed by atoms with Gasteiger partial charge in [0.15, 0.2) is 0 Å². The van der Waals surface area contributed by atoms with Gasteiger partial charge in [-0.05, 0) is 35.2 Å². The second-order valence-electron chi connectivity index (χ2n) is 4.51. The number of benzene rings is 2. The standard InChI is InChI=1S/C16H18N2O2/c17-11-16(20)18-10-9-12-3-1-2-4-15(12)13-5-7-14(19)8-6-13/h1-8,19H,9-11,17H2,(H,18,20). The minimum Gasteiger partial charge on any atom is -0.508 e. The molecule has 2 aromatic rings. The van der Waals surface area contributed by atoms with Crippen LogP contribution in [0.1, 0.15) is 5.56 Å². The molecule has 1 amide bonds. The maximum atomic E-state index is 11.1. The van der Waals surface area contributed by atoms with Crippen molar-refractivity contribution < 1.29 is 9.90 Å². The van der Waals surface area contributed by atoms with Gasteiger partial charge in [-0.15, -0.1) is 0 Å². The number of nitrogens with one attached hydrogen (secondary N) is 1. The molecule has 20 heavy (non-hydrogen) atoms. The van der Waals surface area contributed by atoms with Crippen LogP contribution in [0.2, 0.25) is 0 Å². The van der Waals surface area contributed by atoms with E-state index in [-0.39, 0.29) is 18.2 Å². The summed E-state index contributed by atoms with van der Waals surface area (Å²) in [4.78, 5) is 11.1. The molecule has 4 N–H and O–H groups in total. The van der Waals surface area contributed by atoms with Crippen molar-refractivity contribution >= 4 is 5.91 Å². The van der Waals surface area contributed by atoms with E-state index in [2.05, 4.69) is 5.32 Å². The Morgan fingerprint density at radius 1 is 1.10 bits per heavy atom. The summed E-state index contributed by atoms with van der Waals surface area (Å²) in [5.74, 6) is 0.105. The molecule has 0 spiro atoms. The molecule has 104 valence electrons. The summed E-state index contributed by atoms with van der Waals surface area (Å²) >= 11 is 0. The van der Waals surface area contributed by atoms with Gasteiger partial charge in [-0.25, -0.2) is 0 Å². The number of phenols is 1. The summed E-state index contributed by atoms with van der Waals surface area (Å²) in [6, 6.07) is 15.1. The number of phenolic OH excluding ortho intramolecular Hbond substituents is 1. The molecular weight excluding hydrogens is 252 g/mol.